The first kappa shape index (κ1) is 14.0. The van der Waals surface area contributed by atoms with E-state index in [9.17, 15) is 9.90 Å². The van der Waals surface area contributed by atoms with Crippen molar-refractivity contribution in [3.8, 4) is 0 Å². The molecule has 0 saturated carbocycles. The summed E-state index contributed by atoms with van der Waals surface area (Å²) in [5, 5.41) is 10.1. The third kappa shape index (κ3) is 3.53. The van der Waals surface area contributed by atoms with Gasteiger partial charge >= 0.3 is 0 Å². The third-order valence-corrected chi connectivity index (χ3v) is 3.61. The quantitative estimate of drug-likeness (QED) is 0.897. The molecule has 0 radical (unpaired) electrons. The molecule has 0 bridgehead atoms. The molecule has 19 heavy (non-hydrogen) atoms. The van der Waals surface area contributed by atoms with Crippen LogP contribution >= 0.6 is 0 Å². The lowest BCUT2D eigenvalue weighted by Gasteiger charge is -2.27. The van der Waals surface area contributed by atoms with E-state index >= 15 is 0 Å². The Kier molecular flexibility index (Phi) is 4.53. The van der Waals surface area contributed by atoms with Crippen molar-refractivity contribution in [3.63, 3.8) is 0 Å². The highest BCUT2D eigenvalue weighted by Crippen LogP contribution is 2.23. The zero-order valence-electron chi connectivity index (χ0n) is 11.6. The zero-order chi connectivity index (χ0) is 13.8. The molecule has 1 aliphatic heterocycles. The molecule has 2 rings (SSSR count). The Morgan fingerprint density at radius 3 is 2.79 bits per heavy atom. The second-order valence-corrected chi connectivity index (χ2v) is 5.67. The summed E-state index contributed by atoms with van der Waals surface area (Å²) >= 11 is 0. The molecule has 1 N–H and O–H groups in total. The summed E-state index contributed by atoms with van der Waals surface area (Å²) in [7, 11) is 0. The van der Waals surface area contributed by atoms with Crippen LogP contribution < -0.4 is 0 Å². The number of likely N-dealkylation sites (tertiary alicyclic amines) is 1. The van der Waals surface area contributed by atoms with E-state index in [4.69, 9.17) is 0 Å². The molecule has 104 valence electrons. The van der Waals surface area contributed by atoms with Crippen molar-refractivity contribution in [3.05, 3.63) is 30.1 Å². The molecule has 2 atom stereocenters. The van der Waals surface area contributed by atoms with Crippen molar-refractivity contribution in [2.75, 3.05) is 6.54 Å². The summed E-state index contributed by atoms with van der Waals surface area (Å²) in [6.45, 7) is 4.76. The fourth-order valence-corrected chi connectivity index (χ4v) is 2.62. The van der Waals surface area contributed by atoms with Crippen LogP contribution in [0, 0.1) is 5.92 Å². The van der Waals surface area contributed by atoms with Gasteiger partial charge in [-0.05, 0) is 36.5 Å². The molecule has 0 unspecified atom stereocenters. The predicted octanol–water partition coefficient (Wildman–Crippen LogP) is 1.63. The van der Waals surface area contributed by atoms with Crippen LogP contribution in [0.4, 0.5) is 0 Å². The van der Waals surface area contributed by atoms with Gasteiger partial charge in [0.15, 0.2) is 0 Å². The van der Waals surface area contributed by atoms with E-state index in [2.05, 4.69) is 4.98 Å². The smallest absolute Gasteiger partial charge is 0.223 e. The van der Waals surface area contributed by atoms with Crippen LogP contribution in [-0.4, -0.2) is 39.6 Å². The number of nitrogens with zero attached hydrogens (tertiary/aromatic N) is 2. The zero-order valence-corrected chi connectivity index (χ0v) is 11.6. The summed E-state index contributed by atoms with van der Waals surface area (Å²) in [5.41, 5.74) is 1.11. The minimum absolute atomic E-state index is 0.0892. The van der Waals surface area contributed by atoms with Gasteiger partial charge in [0.05, 0.1) is 12.1 Å². The largest absolute Gasteiger partial charge is 0.391 e. The average Bonchev–Trinajstić information content (AvgIpc) is 2.72. The van der Waals surface area contributed by atoms with Gasteiger partial charge in [0.1, 0.15) is 0 Å². The molecule has 1 fully saturated rings. The first-order valence-corrected chi connectivity index (χ1v) is 6.94. The molecular weight excluding hydrogens is 240 g/mol. The van der Waals surface area contributed by atoms with Gasteiger partial charge in [0, 0.05) is 25.4 Å². The van der Waals surface area contributed by atoms with Crippen LogP contribution in [0.5, 0.6) is 0 Å². The number of rotatable bonds is 4. The molecule has 1 aromatic heterocycles. The highest BCUT2D eigenvalue weighted by molar-refractivity contribution is 5.77. The van der Waals surface area contributed by atoms with E-state index in [1.807, 2.05) is 30.9 Å². The molecule has 0 aromatic carbocycles. The number of pyridine rings is 1. The van der Waals surface area contributed by atoms with Crippen LogP contribution in [0.25, 0.3) is 0 Å². The minimum Gasteiger partial charge on any atom is -0.391 e. The van der Waals surface area contributed by atoms with Gasteiger partial charge in [0.2, 0.25) is 5.91 Å². The molecule has 1 aliphatic rings. The predicted molar refractivity (Wildman–Crippen MR) is 73.5 cm³/mol. The topological polar surface area (TPSA) is 53.4 Å². The van der Waals surface area contributed by atoms with Gasteiger partial charge in [-0.3, -0.25) is 9.78 Å². The van der Waals surface area contributed by atoms with Crippen molar-refractivity contribution in [1.82, 2.24) is 9.88 Å². The normalized spacial score (nSPS) is 23.1. The SMILES string of the molecule is CC(C)CC(=O)N1CC[C@@H](O)[C@@H]1Cc1ccncc1. The number of hydrogen-bond acceptors (Lipinski definition) is 3. The van der Waals surface area contributed by atoms with Crippen molar-refractivity contribution in [1.29, 1.82) is 0 Å². The van der Waals surface area contributed by atoms with Gasteiger partial charge in [-0.2, -0.15) is 0 Å². The molecule has 1 saturated heterocycles. The molecule has 4 heteroatoms. The number of hydrogen-bond donors (Lipinski definition) is 1. The standard InChI is InChI=1S/C15H22N2O2/c1-11(2)9-15(19)17-8-5-14(18)13(17)10-12-3-6-16-7-4-12/h3-4,6-7,11,13-14,18H,5,8-10H2,1-2H3/t13-,14+/m0/s1. The van der Waals surface area contributed by atoms with Gasteiger partial charge in [-0.15, -0.1) is 0 Å². The summed E-state index contributed by atoms with van der Waals surface area (Å²) in [4.78, 5) is 18.0. The third-order valence-electron chi connectivity index (χ3n) is 3.61. The fraction of sp³-hybridized carbons (Fsp3) is 0.600. The maximum atomic E-state index is 12.2. The highest BCUT2D eigenvalue weighted by atomic mass is 16.3. The van der Waals surface area contributed by atoms with Gasteiger partial charge in [-0.1, -0.05) is 13.8 Å². The van der Waals surface area contributed by atoms with Crippen LogP contribution in [0.2, 0.25) is 0 Å². The maximum absolute atomic E-state index is 12.2. The molecule has 1 aromatic rings. The second kappa shape index (κ2) is 6.15. The number of aliphatic hydroxyl groups is 1. The maximum Gasteiger partial charge on any atom is 0.223 e. The summed E-state index contributed by atoms with van der Waals surface area (Å²) in [6, 6.07) is 3.79. The monoisotopic (exact) mass is 262 g/mol. The van der Waals surface area contributed by atoms with Crippen LogP contribution in [0.15, 0.2) is 24.5 Å². The van der Waals surface area contributed by atoms with E-state index in [1.54, 1.807) is 12.4 Å². The Balaban J connectivity index is 2.05. The Morgan fingerprint density at radius 1 is 1.47 bits per heavy atom. The lowest BCUT2D eigenvalue weighted by Crippen LogP contribution is -2.41. The van der Waals surface area contributed by atoms with Crippen molar-refractivity contribution < 1.29 is 9.90 Å². The fourth-order valence-electron chi connectivity index (χ4n) is 2.62. The van der Waals surface area contributed by atoms with E-state index in [0.29, 0.717) is 31.7 Å². The van der Waals surface area contributed by atoms with E-state index in [1.165, 1.54) is 0 Å². The van der Waals surface area contributed by atoms with E-state index in [0.717, 1.165) is 5.56 Å². The first-order valence-electron chi connectivity index (χ1n) is 6.94. The minimum atomic E-state index is -0.413. The lowest BCUT2D eigenvalue weighted by atomic mass is 10.0. The van der Waals surface area contributed by atoms with Crippen molar-refractivity contribution >= 4 is 5.91 Å². The lowest BCUT2D eigenvalue weighted by molar-refractivity contribution is -0.133. The molecular formula is C15H22N2O2. The van der Waals surface area contributed by atoms with E-state index in [-0.39, 0.29) is 11.9 Å². The van der Waals surface area contributed by atoms with Gasteiger partial charge in [0.25, 0.3) is 0 Å². The van der Waals surface area contributed by atoms with Crippen LogP contribution in [0.1, 0.15) is 32.3 Å². The van der Waals surface area contributed by atoms with Gasteiger partial charge in [-0.25, -0.2) is 0 Å². The summed E-state index contributed by atoms with van der Waals surface area (Å²) in [5.74, 6) is 0.512. The first-order chi connectivity index (χ1) is 9.08. The van der Waals surface area contributed by atoms with Gasteiger partial charge < -0.3 is 10.0 Å². The second-order valence-electron chi connectivity index (χ2n) is 5.67. The number of amides is 1. The van der Waals surface area contributed by atoms with Crippen molar-refractivity contribution in [2.24, 2.45) is 5.92 Å². The van der Waals surface area contributed by atoms with Crippen molar-refractivity contribution in [2.45, 2.75) is 45.3 Å². The number of aliphatic hydroxyl groups excluding tert-OH is 1. The number of carbonyl (C=O) groups is 1. The summed E-state index contributed by atoms with van der Waals surface area (Å²) < 4.78 is 0. The van der Waals surface area contributed by atoms with Crippen LogP contribution in [-0.2, 0) is 11.2 Å². The molecule has 2 heterocycles. The summed E-state index contributed by atoms with van der Waals surface area (Å²) in [6.07, 6.45) is 5.02. The Bertz CT molecular complexity index is 419. The Morgan fingerprint density at radius 2 is 2.16 bits per heavy atom. The molecule has 4 nitrogen and oxygen atoms in total. The highest BCUT2D eigenvalue weighted by Gasteiger charge is 2.35. The Labute approximate surface area is 114 Å². The number of carbonyl (C=O) groups excluding carboxylic acids is 1. The van der Waals surface area contributed by atoms with E-state index < -0.39 is 6.10 Å². The molecule has 1 amide bonds. The average molecular weight is 262 g/mol. The molecule has 0 spiro atoms. The number of aromatic nitrogens is 1. The van der Waals surface area contributed by atoms with Crippen LogP contribution in [0.3, 0.4) is 0 Å². The Hall–Kier alpha value is -1.42. The molecule has 0 aliphatic carbocycles.